The summed E-state index contributed by atoms with van der Waals surface area (Å²) in [7, 11) is 0. The number of nitrogens with zero attached hydrogens (tertiary/aromatic N) is 1. The van der Waals surface area contributed by atoms with Gasteiger partial charge in [-0.05, 0) is 48.4 Å². The summed E-state index contributed by atoms with van der Waals surface area (Å²) in [6.45, 7) is 5.80. The van der Waals surface area contributed by atoms with Crippen molar-refractivity contribution in [2.45, 2.75) is 25.9 Å². The molecule has 0 radical (unpaired) electrons. The van der Waals surface area contributed by atoms with Gasteiger partial charge in [0.2, 0.25) is 5.91 Å². The molecule has 0 aliphatic carbocycles. The van der Waals surface area contributed by atoms with Crippen LogP contribution >= 0.6 is 22.9 Å². The Morgan fingerprint density at radius 2 is 2.16 bits per heavy atom. The van der Waals surface area contributed by atoms with Gasteiger partial charge in [-0.15, -0.1) is 11.3 Å². The molecule has 7 heteroatoms. The third-order valence-corrected chi connectivity index (χ3v) is 6.56. The number of aromatic nitrogens is 1. The fourth-order valence-electron chi connectivity index (χ4n) is 3.49. The quantitative estimate of drug-likeness (QED) is 0.409. The summed E-state index contributed by atoms with van der Waals surface area (Å²) < 4.78 is 5.98. The van der Waals surface area contributed by atoms with Gasteiger partial charge in [-0.1, -0.05) is 24.2 Å². The van der Waals surface area contributed by atoms with Crippen LogP contribution in [0.3, 0.4) is 0 Å². The highest BCUT2D eigenvalue weighted by molar-refractivity contribution is 7.17. The number of benzene rings is 1. The Morgan fingerprint density at radius 1 is 1.32 bits per heavy atom. The number of carbonyl (C=O) groups is 2. The number of thiophene rings is 1. The molecule has 1 aliphatic rings. The van der Waals surface area contributed by atoms with E-state index in [1.807, 2.05) is 36.4 Å². The smallest absolute Gasteiger partial charge is 0.247 e. The number of pyridine rings is 1. The normalized spacial score (nSPS) is 14.6. The van der Waals surface area contributed by atoms with Gasteiger partial charge in [0.1, 0.15) is 11.9 Å². The Hall–Kier alpha value is -2.96. The zero-order valence-electron chi connectivity index (χ0n) is 17.0. The summed E-state index contributed by atoms with van der Waals surface area (Å²) in [5.74, 6) is 0.500. The summed E-state index contributed by atoms with van der Waals surface area (Å²) in [6, 6.07) is 11.4. The number of halogens is 1. The lowest BCUT2D eigenvalue weighted by Gasteiger charge is -2.13. The lowest BCUT2D eigenvalue weighted by molar-refractivity contribution is -0.117. The molecule has 1 amide bonds. The van der Waals surface area contributed by atoms with Crippen LogP contribution in [0.15, 0.2) is 60.9 Å². The van der Waals surface area contributed by atoms with Crippen LogP contribution < -0.4 is 10.1 Å². The first kappa shape index (κ1) is 21.3. The van der Waals surface area contributed by atoms with Crippen LogP contribution in [0.25, 0.3) is 10.4 Å². The van der Waals surface area contributed by atoms with E-state index in [-0.39, 0.29) is 17.8 Å². The van der Waals surface area contributed by atoms with E-state index in [1.165, 1.54) is 11.3 Å². The number of amides is 1. The maximum Gasteiger partial charge on any atom is 0.247 e. The van der Waals surface area contributed by atoms with Crippen molar-refractivity contribution in [3.8, 4) is 16.2 Å². The van der Waals surface area contributed by atoms with Gasteiger partial charge in [-0.25, -0.2) is 0 Å². The fourth-order valence-corrected chi connectivity index (χ4v) is 4.66. The van der Waals surface area contributed by atoms with E-state index < -0.39 is 0 Å². The highest BCUT2D eigenvalue weighted by Gasteiger charge is 2.27. The van der Waals surface area contributed by atoms with E-state index >= 15 is 0 Å². The van der Waals surface area contributed by atoms with Crippen LogP contribution in [0, 0.1) is 0 Å². The molecular formula is C24H21ClN2O3S. The van der Waals surface area contributed by atoms with E-state index in [2.05, 4.69) is 16.9 Å². The number of nitrogens with one attached hydrogen (secondary N) is 1. The second-order valence-corrected chi connectivity index (χ2v) is 8.95. The molecule has 1 unspecified atom stereocenters. The van der Waals surface area contributed by atoms with Crippen LogP contribution in [0.1, 0.15) is 27.7 Å². The van der Waals surface area contributed by atoms with Gasteiger partial charge in [-0.2, -0.15) is 0 Å². The number of hydrogen-bond donors (Lipinski definition) is 1. The molecule has 3 aromatic rings. The number of carbonyl (C=O) groups excluding carboxylic acids is 2. The van der Waals surface area contributed by atoms with Crippen molar-refractivity contribution in [3.63, 3.8) is 0 Å². The molecule has 0 saturated carbocycles. The maximum atomic E-state index is 12.4. The van der Waals surface area contributed by atoms with Crippen molar-refractivity contribution < 1.29 is 14.3 Å². The lowest BCUT2D eigenvalue weighted by atomic mass is 10.0. The van der Waals surface area contributed by atoms with Crippen molar-refractivity contribution >= 4 is 34.6 Å². The standard InChI is InChI=1S/C24H21ClN2O3S/c1-14(8-16-4-3-7-26-12-16)24(29)27-13-19-10-18-9-17(11-20(25)23(18)30-19)22-6-5-21(31-22)15(2)28/h3-7,9,11-12,19H,1,8,10,13H2,2H3,(H,27,29). The minimum Gasteiger partial charge on any atom is -0.486 e. The zero-order chi connectivity index (χ0) is 22.0. The van der Waals surface area contributed by atoms with Crippen molar-refractivity contribution in [2.75, 3.05) is 6.54 Å². The number of ether oxygens (including phenoxy) is 1. The van der Waals surface area contributed by atoms with Gasteiger partial charge < -0.3 is 10.1 Å². The largest absolute Gasteiger partial charge is 0.486 e. The van der Waals surface area contributed by atoms with Crippen molar-refractivity contribution in [1.29, 1.82) is 0 Å². The Morgan fingerprint density at radius 3 is 2.87 bits per heavy atom. The van der Waals surface area contributed by atoms with Gasteiger partial charge in [0.25, 0.3) is 0 Å². The molecule has 5 nitrogen and oxygen atoms in total. The molecule has 1 N–H and O–H groups in total. The first-order valence-corrected chi connectivity index (χ1v) is 11.0. The number of fused-ring (bicyclic) bond motifs is 1. The number of rotatable bonds is 7. The highest BCUT2D eigenvalue weighted by Crippen LogP contribution is 2.41. The number of ketones is 1. The highest BCUT2D eigenvalue weighted by atomic mass is 35.5. The zero-order valence-corrected chi connectivity index (χ0v) is 18.6. The fraction of sp³-hybridized carbons (Fsp3) is 0.208. The summed E-state index contributed by atoms with van der Waals surface area (Å²) in [6.07, 6.45) is 4.31. The molecule has 0 bridgehead atoms. The van der Waals surface area contributed by atoms with Crippen LogP contribution in [-0.4, -0.2) is 29.3 Å². The molecule has 0 spiro atoms. The average Bonchev–Trinajstić information content (AvgIpc) is 3.40. The molecule has 4 rings (SSSR count). The van der Waals surface area contributed by atoms with Gasteiger partial charge in [0.05, 0.1) is 16.4 Å². The van der Waals surface area contributed by atoms with Crippen molar-refractivity contribution in [1.82, 2.24) is 10.3 Å². The maximum absolute atomic E-state index is 12.4. The molecule has 1 aromatic carbocycles. The van der Waals surface area contributed by atoms with E-state index in [0.717, 1.165) is 26.4 Å². The first-order chi connectivity index (χ1) is 14.9. The SMILES string of the molecule is C=C(Cc1cccnc1)C(=O)NCC1Cc2cc(-c3ccc(C(C)=O)s3)cc(Cl)c2O1. The minimum absolute atomic E-state index is 0.0489. The van der Waals surface area contributed by atoms with Crippen molar-refractivity contribution in [2.24, 2.45) is 0 Å². The Bertz CT molecular complexity index is 1160. The second kappa shape index (κ2) is 9.04. The average molecular weight is 453 g/mol. The second-order valence-electron chi connectivity index (χ2n) is 7.46. The van der Waals surface area contributed by atoms with Gasteiger partial charge >= 0.3 is 0 Å². The first-order valence-electron chi connectivity index (χ1n) is 9.86. The lowest BCUT2D eigenvalue weighted by Crippen LogP contribution is -2.35. The van der Waals surface area contributed by atoms with Crippen LogP contribution in [0.2, 0.25) is 5.02 Å². The molecule has 1 aliphatic heterocycles. The predicted octanol–water partition coefficient (Wildman–Crippen LogP) is 4.88. The third-order valence-electron chi connectivity index (χ3n) is 5.04. The van der Waals surface area contributed by atoms with Crippen LogP contribution in [-0.2, 0) is 17.6 Å². The molecular weight excluding hydrogens is 432 g/mol. The Balaban J connectivity index is 1.38. The summed E-state index contributed by atoms with van der Waals surface area (Å²) in [5, 5.41) is 3.43. The Labute approximate surface area is 189 Å². The molecule has 1 atom stereocenters. The predicted molar refractivity (Wildman–Crippen MR) is 123 cm³/mol. The molecule has 0 saturated heterocycles. The monoisotopic (exact) mass is 452 g/mol. The van der Waals surface area contributed by atoms with Gasteiger partial charge in [0, 0.05) is 41.2 Å². The van der Waals surface area contributed by atoms with E-state index in [0.29, 0.717) is 35.7 Å². The van der Waals surface area contributed by atoms with E-state index in [1.54, 1.807) is 19.3 Å². The molecule has 3 heterocycles. The van der Waals surface area contributed by atoms with Crippen LogP contribution in [0.5, 0.6) is 5.75 Å². The summed E-state index contributed by atoms with van der Waals surface area (Å²) in [5.41, 5.74) is 3.36. The summed E-state index contributed by atoms with van der Waals surface area (Å²) in [4.78, 5) is 29.7. The third kappa shape index (κ3) is 4.86. The van der Waals surface area contributed by atoms with E-state index in [9.17, 15) is 9.59 Å². The van der Waals surface area contributed by atoms with Gasteiger partial charge in [-0.3, -0.25) is 14.6 Å². The summed E-state index contributed by atoms with van der Waals surface area (Å²) >= 11 is 7.91. The molecule has 31 heavy (non-hydrogen) atoms. The Kier molecular flexibility index (Phi) is 6.20. The molecule has 0 fully saturated rings. The topological polar surface area (TPSA) is 68.3 Å². The number of hydrogen-bond acceptors (Lipinski definition) is 5. The molecule has 2 aromatic heterocycles. The van der Waals surface area contributed by atoms with E-state index in [4.69, 9.17) is 16.3 Å². The van der Waals surface area contributed by atoms with Crippen molar-refractivity contribution in [3.05, 3.63) is 82.0 Å². The van der Waals surface area contributed by atoms with Gasteiger partial charge in [0.15, 0.2) is 5.78 Å². The minimum atomic E-state index is -0.203. The molecule has 158 valence electrons. The van der Waals surface area contributed by atoms with Crippen LogP contribution in [0.4, 0.5) is 0 Å². The number of Topliss-reactive ketones (excluding diaryl/α,β-unsaturated/α-hetero) is 1.